The van der Waals surface area contributed by atoms with Gasteiger partial charge in [-0.15, -0.1) is 0 Å². The zero-order valence-corrected chi connectivity index (χ0v) is 18.5. The average Bonchev–Trinajstić information content (AvgIpc) is 3.16. The lowest BCUT2D eigenvalue weighted by Gasteiger charge is -2.55. The van der Waals surface area contributed by atoms with Crippen LogP contribution in [0.25, 0.3) is 0 Å². The summed E-state index contributed by atoms with van der Waals surface area (Å²) in [7, 11) is 0. The van der Waals surface area contributed by atoms with E-state index in [0.717, 1.165) is 45.0 Å². The molecule has 3 fully saturated rings. The average molecular weight is 399 g/mol. The van der Waals surface area contributed by atoms with E-state index in [2.05, 4.69) is 73.6 Å². The van der Waals surface area contributed by atoms with Gasteiger partial charge in [0.2, 0.25) is 0 Å². The molecule has 5 heteroatoms. The summed E-state index contributed by atoms with van der Waals surface area (Å²) >= 11 is 0. The van der Waals surface area contributed by atoms with Crippen LogP contribution in [0.5, 0.6) is 0 Å². The first-order valence-electron chi connectivity index (χ1n) is 11.5. The fraction of sp³-hybridized carbons (Fsp3) is 0.708. The number of ether oxygens (including phenoxy) is 1. The normalized spacial score (nSPS) is 34.3. The van der Waals surface area contributed by atoms with Crippen molar-refractivity contribution in [1.29, 1.82) is 0 Å². The molecule has 0 aromatic heterocycles. The summed E-state index contributed by atoms with van der Waals surface area (Å²) in [6.45, 7) is 13.0. The van der Waals surface area contributed by atoms with Gasteiger partial charge in [0.25, 0.3) is 0 Å². The number of fused-ring (bicyclic) bond motifs is 1. The van der Waals surface area contributed by atoms with E-state index in [1.54, 1.807) is 0 Å². The quantitative estimate of drug-likeness (QED) is 0.589. The number of aliphatic imine (C=N–C) groups is 1. The fourth-order valence-corrected chi connectivity index (χ4v) is 5.65. The number of nitrogens with one attached hydrogen (secondary N) is 2. The molecule has 4 rings (SSSR count). The lowest BCUT2D eigenvalue weighted by molar-refractivity contribution is -0.106. The van der Waals surface area contributed by atoms with Crippen molar-refractivity contribution in [2.45, 2.75) is 77.7 Å². The molecule has 5 nitrogen and oxygen atoms in total. The van der Waals surface area contributed by atoms with E-state index >= 15 is 0 Å². The standard InChI is InChI=1S/C24H38N4O/c1-5-25-23(27-21-20-12-14-29-22(20)24(21,3)4)26-19-11-13-28(17(2)15-19)16-18-9-7-6-8-10-18/h6-10,17,19-22H,5,11-16H2,1-4H3,(H2,25,26,27). The molecule has 2 aliphatic heterocycles. The van der Waals surface area contributed by atoms with Crippen molar-refractivity contribution in [1.82, 2.24) is 15.5 Å². The smallest absolute Gasteiger partial charge is 0.191 e. The maximum Gasteiger partial charge on any atom is 0.191 e. The van der Waals surface area contributed by atoms with Crippen LogP contribution in [-0.2, 0) is 11.3 Å². The Balaban J connectivity index is 1.32. The Labute approximate surface area is 176 Å². The highest BCUT2D eigenvalue weighted by molar-refractivity contribution is 5.80. The van der Waals surface area contributed by atoms with Gasteiger partial charge in [0.05, 0.1) is 6.10 Å². The van der Waals surface area contributed by atoms with Gasteiger partial charge in [-0.3, -0.25) is 9.89 Å². The Hall–Kier alpha value is -1.59. The highest BCUT2D eigenvalue weighted by atomic mass is 16.5. The zero-order valence-electron chi connectivity index (χ0n) is 18.5. The van der Waals surface area contributed by atoms with E-state index in [1.807, 2.05) is 0 Å². The minimum absolute atomic E-state index is 0.170. The van der Waals surface area contributed by atoms with Crippen molar-refractivity contribution < 1.29 is 4.74 Å². The van der Waals surface area contributed by atoms with Crippen LogP contribution in [0.15, 0.2) is 35.3 Å². The highest BCUT2D eigenvalue weighted by Crippen LogP contribution is 2.52. The number of hydrogen-bond acceptors (Lipinski definition) is 3. The number of rotatable bonds is 5. The molecule has 0 bridgehead atoms. The van der Waals surface area contributed by atoms with Crippen molar-refractivity contribution in [3.05, 3.63) is 35.9 Å². The number of hydrogen-bond donors (Lipinski definition) is 2. The zero-order chi connectivity index (χ0) is 20.4. The van der Waals surface area contributed by atoms with Crippen LogP contribution in [0.4, 0.5) is 0 Å². The highest BCUT2D eigenvalue weighted by Gasteiger charge is 2.59. The predicted molar refractivity (Wildman–Crippen MR) is 119 cm³/mol. The summed E-state index contributed by atoms with van der Waals surface area (Å²) < 4.78 is 5.96. The number of guanidine groups is 1. The van der Waals surface area contributed by atoms with Gasteiger partial charge >= 0.3 is 0 Å². The summed E-state index contributed by atoms with van der Waals surface area (Å²) in [5, 5.41) is 7.53. The van der Waals surface area contributed by atoms with Gasteiger partial charge in [0.1, 0.15) is 0 Å². The summed E-state index contributed by atoms with van der Waals surface area (Å²) in [5.74, 6) is 1.62. The predicted octanol–water partition coefficient (Wildman–Crippen LogP) is 3.41. The van der Waals surface area contributed by atoms with Crippen molar-refractivity contribution in [2.24, 2.45) is 16.3 Å². The van der Waals surface area contributed by atoms with Crippen LogP contribution in [0, 0.1) is 11.3 Å². The van der Waals surface area contributed by atoms with Crippen molar-refractivity contribution in [2.75, 3.05) is 19.7 Å². The number of piperidine rings is 1. The molecule has 5 atom stereocenters. The molecule has 1 aliphatic carbocycles. The fourth-order valence-electron chi connectivity index (χ4n) is 5.65. The second-order valence-electron chi connectivity index (χ2n) is 9.68. The third kappa shape index (κ3) is 4.31. The lowest BCUT2D eigenvalue weighted by Crippen LogP contribution is -2.68. The lowest BCUT2D eigenvalue weighted by atomic mass is 9.57. The molecule has 2 N–H and O–H groups in total. The van der Waals surface area contributed by atoms with E-state index in [4.69, 9.17) is 9.73 Å². The van der Waals surface area contributed by atoms with Crippen LogP contribution >= 0.6 is 0 Å². The summed E-state index contributed by atoms with van der Waals surface area (Å²) in [4.78, 5) is 7.38. The Kier molecular flexibility index (Phi) is 6.16. The molecule has 0 spiro atoms. The molecule has 5 unspecified atom stereocenters. The molecule has 1 aromatic rings. The molecule has 0 radical (unpaired) electrons. The Bertz CT molecular complexity index is 704. The van der Waals surface area contributed by atoms with Gasteiger partial charge in [-0.2, -0.15) is 0 Å². The van der Waals surface area contributed by atoms with Gasteiger partial charge < -0.3 is 15.4 Å². The first kappa shape index (κ1) is 20.7. The molecule has 2 saturated heterocycles. The van der Waals surface area contributed by atoms with E-state index in [0.29, 0.717) is 30.1 Å². The van der Waals surface area contributed by atoms with E-state index in [1.165, 1.54) is 12.0 Å². The SMILES string of the molecule is CCN=C(NC1CCN(Cc2ccccc2)C(C)C1)NC1C2CCOC2C1(C)C. The van der Waals surface area contributed by atoms with Crippen LogP contribution < -0.4 is 10.6 Å². The number of benzene rings is 1. The van der Waals surface area contributed by atoms with Gasteiger partial charge in [-0.25, -0.2) is 0 Å². The molecule has 3 aliphatic rings. The first-order valence-corrected chi connectivity index (χ1v) is 11.5. The van der Waals surface area contributed by atoms with Crippen LogP contribution in [0.3, 0.4) is 0 Å². The molecule has 160 valence electrons. The summed E-state index contributed by atoms with van der Waals surface area (Å²) in [6.07, 6.45) is 3.88. The van der Waals surface area contributed by atoms with Gasteiger partial charge in [-0.1, -0.05) is 44.2 Å². The second-order valence-corrected chi connectivity index (χ2v) is 9.68. The second kappa shape index (κ2) is 8.65. The minimum Gasteiger partial charge on any atom is -0.377 e. The molecule has 0 amide bonds. The molecular formula is C24H38N4O. The summed E-state index contributed by atoms with van der Waals surface area (Å²) in [6, 6.07) is 12.3. The van der Waals surface area contributed by atoms with Crippen molar-refractivity contribution >= 4 is 5.96 Å². The Morgan fingerprint density at radius 2 is 2.00 bits per heavy atom. The summed E-state index contributed by atoms with van der Waals surface area (Å²) in [5.41, 5.74) is 1.57. The van der Waals surface area contributed by atoms with Crippen LogP contribution in [0.2, 0.25) is 0 Å². The Morgan fingerprint density at radius 1 is 1.21 bits per heavy atom. The molecular weight excluding hydrogens is 360 g/mol. The van der Waals surface area contributed by atoms with Gasteiger partial charge in [0, 0.05) is 55.7 Å². The van der Waals surface area contributed by atoms with Gasteiger partial charge in [0.15, 0.2) is 5.96 Å². The monoisotopic (exact) mass is 398 g/mol. The van der Waals surface area contributed by atoms with Crippen molar-refractivity contribution in [3.8, 4) is 0 Å². The van der Waals surface area contributed by atoms with Crippen LogP contribution in [0.1, 0.15) is 52.5 Å². The van der Waals surface area contributed by atoms with Crippen molar-refractivity contribution in [3.63, 3.8) is 0 Å². The van der Waals surface area contributed by atoms with E-state index < -0.39 is 0 Å². The van der Waals surface area contributed by atoms with E-state index in [-0.39, 0.29) is 5.41 Å². The third-order valence-electron chi connectivity index (χ3n) is 7.29. The molecule has 1 saturated carbocycles. The largest absolute Gasteiger partial charge is 0.377 e. The molecule has 1 aromatic carbocycles. The Morgan fingerprint density at radius 3 is 2.72 bits per heavy atom. The van der Waals surface area contributed by atoms with E-state index in [9.17, 15) is 0 Å². The van der Waals surface area contributed by atoms with Crippen LogP contribution in [-0.4, -0.2) is 54.8 Å². The maximum atomic E-state index is 5.96. The topological polar surface area (TPSA) is 48.9 Å². The minimum atomic E-state index is 0.170. The molecule has 2 heterocycles. The first-order chi connectivity index (χ1) is 14.0. The number of nitrogens with zero attached hydrogens (tertiary/aromatic N) is 2. The van der Waals surface area contributed by atoms with Gasteiger partial charge in [-0.05, 0) is 38.7 Å². The maximum absolute atomic E-state index is 5.96. The third-order valence-corrected chi connectivity index (χ3v) is 7.29. The number of likely N-dealkylation sites (tertiary alicyclic amines) is 1. The molecule has 29 heavy (non-hydrogen) atoms.